The number of aryl methyl sites for hydroxylation is 1. The van der Waals surface area contributed by atoms with E-state index in [1.165, 1.54) is 36.1 Å². The predicted molar refractivity (Wildman–Crippen MR) is 107 cm³/mol. The molecule has 0 saturated carbocycles. The van der Waals surface area contributed by atoms with E-state index in [-0.39, 0.29) is 11.3 Å². The van der Waals surface area contributed by atoms with Crippen LogP contribution in [0.5, 0.6) is 5.75 Å². The van der Waals surface area contributed by atoms with Gasteiger partial charge in [-0.15, -0.1) is 0 Å². The topological polar surface area (TPSA) is 66.2 Å². The fraction of sp³-hybridized carbons (Fsp3) is 0.136. The number of hydrogen-bond donors (Lipinski definition) is 0. The SMILES string of the molecule is COC(=O)c1cc(-c2ccc(OC(F)F)cc2)nc2c1c(C)nn2-c1ccc(F)cc1. The highest BCUT2D eigenvalue weighted by Gasteiger charge is 2.21. The van der Waals surface area contributed by atoms with Crippen LogP contribution in [0.2, 0.25) is 0 Å². The van der Waals surface area contributed by atoms with Crippen LogP contribution in [0, 0.1) is 12.7 Å². The molecule has 2 aromatic carbocycles. The van der Waals surface area contributed by atoms with Crippen molar-refractivity contribution in [2.45, 2.75) is 13.5 Å². The molecule has 2 aromatic heterocycles. The number of hydrogen-bond acceptors (Lipinski definition) is 5. The van der Waals surface area contributed by atoms with E-state index < -0.39 is 18.4 Å². The number of methoxy groups -OCH3 is 1. The van der Waals surface area contributed by atoms with Crippen LogP contribution in [0.4, 0.5) is 13.2 Å². The molecule has 0 aliphatic carbocycles. The Morgan fingerprint density at radius 2 is 1.74 bits per heavy atom. The Bertz CT molecular complexity index is 1250. The number of fused-ring (bicyclic) bond motifs is 1. The van der Waals surface area contributed by atoms with Crippen molar-refractivity contribution < 1.29 is 27.4 Å². The van der Waals surface area contributed by atoms with Gasteiger partial charge in [0, 0.05) is 5.56 Å². The average molecular weight is 427 g/mol. The second-order valence-corrected chi connectivity index (χ2v) is 6.62. The van der Waals surface area contributed by atoms with E-state index in [0.717, 1.165) is 0 Å². The maximum Gasteiger partial charge on any atom is 0.387 e. The highest BCUT2D eigenvalue weighted by molar-refractivity contribution is 6.05. The number of carbonyl (C=O) groups is 1. The van der Waals surface area contributed by atoms with E-state index in [1.54, 1.807) is 37.3 Å². The molecule has 0 aliphatic heterocycles. The van der Waals surface area contributed by atoms with Gasteiger partial charge in [-0.25, -0.2) is 18.9 Å². The highest BCUT2D eigenvalue weighted by Crippen LogP contribution is 2.30. The standard InChI is InChI=1S/C22H16F3N3O3/c1-12-19-17(21(29)30-2)11-18(13-3-9-16(10-4-13)31-22(24)25)26-20(19)28(27-12)15-7-5-14(23)6-8-15/h3-11,22H,1-2H3. The molecule has 0 spiro atoms. The molecule has 0 unspecified atom stereocenters. The van der Waals surface area contributed by atoms with Gasteiger partial charge in [0.15, 0.2) is 5.65 Å². The van der Waals surface area contributed by atoms with Gasteiger partial charge < -0.3 is 9.47 Å². The monoisotopic (exact) mass is 427 g/mol. The van der Waals surface area contributed by atoms with Crippen LogP contribution in [-0.4, -0.2) is 34.5 Å². The number of rotatable bonds is 5. The molecule has 6 nitrogen and oxygen atoms in total. The zero-order valence-electron chi connectivity index (χ0n) is 16.5. The summed E-state index contributed by atoms with van der Waals surface area (Å²) in [7, 11) is 1.27. The van der Waals surface area contributed by atoms with Crippen molar-refractivity contribution in [2.75, 3.05) is 7.11 Å². The van der Waals surface area contributed by atoms with Gasteiger partial charge in [-0.05, 0) is 61.5 Å². The van der Waals surface area contributed by atoms with Gasteiger partial charge in [-0.1, -0.05) is 0 Å². The lowest BCUT2D eigenvalue weighted by molar-refractivity contribution is -0.0498. The third-order valence-corrected chi connectivity index (χ3v) is 4.66. The molecule has 0 atom stereocenters. The molecule has 4 rings (SSSR count). The number of pyridine rings is 1. The molecule has 0 saturated heterocycles. The summed E-state index contributed by atoms with van der Waals surface area (Å²) >= 11 is 0. The van der Waals surface area contributed by atoms with Crippen molar-refractivity contribution in [1.29, 1.82) is 0 Å². The normalized spacial score (nSPS) is 11.2. The molecule has 31 heavy (non-hydrogen) atoms. The maximum absolute atomic E-state index is 13.4. The lowest BCUT2D eigenvalue weighted by Gasteiger charge is -2.09. The molecule has 0 amide bonds. The van der Waals surface area contributed by atoms with E-state index in [9.17, 15) is 18.0 Å². The van der Waals surface area contributed by atoms with Crippen molar-refractivity contribution in [3.8, 4) is 22.7 Å². The van der Waals surface area contributed by atoms with Gasteiger partial charge in [0.1, 0.15) is 11.6 Å². The zero-order valence-corrected chi connectivity index (χ0v) is 16.5. The van der Waals surface area contributed by atoms with Crippen LogP contribution in [0.1, 0.15) is 16.1 Å². The lowest BCUT2D eigenvalue weighted by Crippen LogP contribution is -2.05. The Labute approximate surface area is 174 Å². The van der Waals surface area contributed by atoms with E-state index in [2.05, 4.69) is 14.8 Å². The molecule has 0 N–H and O–H groups in total. The molecule has 0 aliphatic rings. The number of benzene rings is 2. The van der Waals surface area contributed by atoms with Gasteiger partial charge in [0.2, 0.25) is 0 Å². The molecule has 0 fully saturated rings. The van der Waals surface area contributed by atoms with Crippen molar-refractivity contribution in [3.05, 3.63) is 71.7 Å². The van der Waals surface area contributed by atoms with Crippen LogP contribution in [0.15, 0.2) is 54.6 Å². The van der Waals surface area contributed by atoms with Crippen LogP contribution in [-0.2, 0) is 4.74 Å². The van der Waals surface area contributed by atoms with Gasteiger partial charge >= 0.3 is 12.6 Å². The molecule has 4 aromatic rings. The average Bonchev–Trinajstić information content (AvgIpc) is 3.09. The molecule has 158 valence electrons. The van der Waals surface area contributed by atoms with Crippen molar-refractivity contribution in [2.24, 2.45) is 0 Å². The van der Waals surface area contributed by atoms with Crippen LogP contribution >= 0.6 is 0 Å². The number of alkyl halides is 2. The van der Waals surface area contributed by atoms with Crippen LogP contribution in [0.25, 0.3) is 28.0 Å². The number of ether oxygens (including phenoxy) is 2. The fourth-order valence-corrected chi connectivity index (χ4v) is 3.28. The number of esters is 1. The first-order chi connectivity index (χ1) is 14.9. The molecular formula is C22H16F3N3O3. The minimum Gasteiger partial charge on any atom is -0.465 e. The second kappa shape index (κ2) is 8.10. The number of aromatic nitrogens is 3. The summed E-state index contributed by atoms with van der Waals surface area (Å²) in [5, 5.41) is 4.97. The van der Waals surface area contributed by atoms with E-state index in [0.29, 0.717) is 33.7 Å². The number of carbonyl (C=O) groups excluding carboxylic acids is 1. The maximum atomic E-state index is 13.4. The Morgan fingerprint density at radius 1 is 1.06 bits per heavy atom. The predicted octanol–water partition coefficient (Wildman–Crippen LogP) is 4.92. The largest absolute Gasteiger partial charge is 0.465 e. The summed E-state index contributed by atoms with van der Waals surface area (Å²) in [5.41, 5.74) is 2.69. The summed E-state index contributed by atoms with van der Waals surface area (Å²) in [5.74, 6) is -0.972. The van der Waals surface area contributed by atoms with E-state index in [4.69, 9.17) is 4.74 Å². The van der Waals surface area contributed by atoms with Gasteiger partial charge in [0.05, 0.1) is 35.1 Å². The number of halogens is 3. The van der Waals surface area contributed by atoms with Gasteiger partial charge in [0.25, 0.3) is 0 Å². The van der Waals surface area contributed by atoms with Crippen molar-refractivity contribution in [3.63, 3.8) is 0 Å². The van der Waals surface area contributed by atoms with Gasteiger partial charge in [-0.2, -0.15) is 13.9 Å². The lowest BCUT2D eigenvalue weighted by atomic mass is 10.1. The minimum atomic E-state index is -2.93. The Hall–Kier alpha value is -3.88. The Morgan fingerprint density at radius 3 is 2.35 bits per heavy atom. The first kappa shape index (κ1) is 20.4. The molecule has 9 heteroatoms. The second-order valence-electron chi connectivity index (χ2n) is 6.62. The summed E-state index contributed by atoms with van der Waals surface area (Å²) in [6, 6.07) is 13.1. The Balaban J connectivity index is 1.91. The molecule has 0 bridgehead atoms. The van der Waals surface area contributed by atoms with Crippen molar-refractivity contribution in [1.82, 2.24) is 14.8 Å². The summed E-state index contributed by atoms with van der Waals surface area (Å²) in [6.45, 7) is -1.20. The fourth-order valence-electron chi connectivity index (χ4n) is 3.28. The molecule has 0 radical (unpaired) electrons. The van der Waals surface area contributed by atoms with E-state index >= 15 is 0 Å². The summed E-state index contributed by atoms with van der Waals surface area (Å²) < 4.78 is 49.0. The summed E-state index contributed by atoms with van der Waals surface area (Å²) in [6.07, 6.45) is 0. The minimum absolute atomic E-state index is 0.000202. The first-order valence-electron chi connectivity index (χ1n) is 9.17. The van der Waals surface area contributed by atoms with Crippen LogP contribution in [0.3, 0.4) is 0 Å². The Kier molecular flexibility index (Phi) is 5.33. The number of nitrogens with zero attached hydrogens (tertiary/aromatic N) is 3. The quantitative estimate of drug-likeness (QED) is 0.423. The zero-order chi connectivity index (χ0) is 22.1. The first-order valence-corrected chi connectivity index (χ1v) is 9.17. The third-order valence-electron chi connectivity index (χ3n) is 4.66. The third kappa shape index (κ3) is 3.94. The summed E-state index contributed by atoms with van der Waals surface area (Å²) in [4.78, 5) is 17.1. The smallest absolute Gasteiger partial charge is 0.387 e. The van der Waals surface area contributed by atoms with Crippen LogP contribution < -0.4 is 4.74 Å². The van der Waals surface area contributed by atoms with Crippen molar-refractivity contribution >= 4 is 17.0 Å². The van der Waals surface area contributed by atoms with Gasteiger partial charge in [-0.3, -0.25) is 0 Å². The van der Waals surface area contributed by atoms with E-state index in [1.807, 2.05) is 0 Å². The highest BCUT2D eigenvalue weighted by atomic mass is 19.3. The molecule has 2 heterocycles. The molecular weight excluding hydrogens is 411 g/mol.